The van der Waals surface area contributed by atoms with Crippen molar-refractivity contribution < 1.29 is 19.8 Å². The van der Waals surface area contributed by atoms with Crippen molar-refractivity contribution in [2.75, 3.05) is 0 Å². The standard InChI is InChI=1S/C22H40O4/c1-2-3-4-5-6-7-8-9-10-11-12-13-14-15-16-17-18-20(22(25)26)19-21(23)24/h13-14,20H,2-12,15-19H2,1H3,(H,23,24)(H,25,26). The zero-order valence-electron chi connectivity index (χ0n) is 16.8. The quantitative estimate of drug-likeness (QED) is 0.199. The first-order valence-electron chi connectivity index (χ1n) is 10.7. The Bertz CT molecular complexity index is 376. The molecule has 0 aromatic carbocycles. The molecule has 0 bridgehead atoms. The van der Waals surface area contributed by atoms with Gasteiger partial charge in [-0.15, -0.1) is 0 Å². The van der Waals surface area contributed by atoms with Gasteiger partial charge < -0.3 is 10.2 Å². The minimum absolute atomic E-state index is 0.274. The molecule has 0 aromatic heterocycles. The van der Waals surface area contributed by atoms with Crippen LogP contribution < -0.4 is 0 Å². The summed E-state index contributed by atoms with van der Waals surface area (Å²) in [5, 5.41) is 17.7. The van der Waals surface area contributed by atoms with E-state index in [1.165, 1.54) is 64.2 Å². The summed E-state index contributed by atoms with van der Waals surface area (Å²) in [5.74, 6) is -2.78. The lowest BCUT2D eigenvalue weighted by molar-refractivity contribution is -0.148. The van der Waals surface area contributed by atoms with Crippen LogP contribution in [0.4, 0.5) is 0 Å². The van der Waals surface area contributed by atoms with Crippen LogP contribution in [0.5, 0.6) is 0 Å². The van der Waals surface area contributed by atoms with Gasteiger partial charge in [-0.2, -0.15) is 0 Å². The molecule has 0 aliphatic carbocycles. The maximum Gasteiger partial charge on any atom is 0.307 e. The Morgan fingerprint density at radius 2 is 1.19 bits per heavy atom. The molecular formula is C22H40O4. The highest BCUT2D eigenvalue weighted by Gasteiger charge is 2.19. The third kappa shape index (κ3) is 17.5. The van der Waals surface area contributed by atoms with Gasteiger partial charge in [0.2, 0.25) is 0 Å². The van der Waals surface area contributed by atoms with E-state index in [0.29, 0.717) is 6.42 Å². The molecule has 0 amide bonds. The summed E-state index contributed by atoms with van der Waals surface area (Å²) in [6.45, 7) is 2.26. The molecule has 1 unspecified atom stereocenters. The fraction of sp³-hybridized carbons (Fsp3) is 0.818. The lowest BCUT2D eigenvalue weighted by Gasteiger charge is -2.08. The van der Waals surface area contributed by atoms with Crippen LogP contribution in [0.3, 0.4) is 0 Å². The molecule has 1 atom stereocenters. The molecule has 0 aliphatic heterocycles. The fourth-order valence-electron chi connectivity index (χ4n) is 3.16. The van der Waals surface area contributed by atoms with E-state index in [9.17, 15) is 9.59 Å². The number of rotatable bonds is 19. The minimum Gasteiger partial charge on any atom is -0.481 e. The molecular weight excluding hydrogens is 328 g/mol. The van der Waals surface area contributed by atoms with Crippen LogP contribution in [0.25, 0.3) is 0 Å². The van der Waals surface area contributed by atoms with Crippen molar-refractivity contribution in [1.29, 1.82) is 0 Å². The number of allylic oxidation sites excluding steroid dienone is 2. The van der Waals surface area contributed by atoms with E-state index in [-0.39, 0.29) is 6.42 Å². The Kier molecular flexibility index (Phi) is 17.5. The molecule has 0 spiro atoms. The predicted molar refractivity (Wildman–Crippen MR) is 107 cm³/mol. The van der Waals surface area contributed by atoms with Gasteiger partial charge in [0.25, 0.3) is 0 Å². The molecule has 152 valence electrons. The first-order valence-corrected chi connectivity index (χ1v) is 10.7. The first kappa shape index (κ1) is 24.7. The van der Waals surface area contributed by atoms with Crippen LogP contribution >= 0.6 is 0 Å². The van der Waals surface area contributed by atoms with Crippen molar-refractivity contribution in [2.24, 2.45) is 5.92 Å². The van der Waals surface area contributed by atoms with Gasteiger partial charge in [0.15, 0.2) is 0 Å². The molecule has 0 aliphatic rings. The van der Waals surface area contributed by atoms with Crippen molar-refractivity contribution in [3.05, 3.63) is 12.2 Å². The molecule has 4 nitrogen and oxygen atoms in total. The highest BCUT2D eigenvalue weighted by Crippen LogP contribution is 2.15. The molecule has 2 N–H and O–H groups in total. The van der Waals surface area contributed by atoms with Crippen molar-refractivity contribution in [2.45, 2.75) is 110 Å². The van der Waals surface area contributed by atoms with Crippen molar-refractivity contribution >= 4 is 11.9 Å². The van der Waals surface area contributed by atoms with Gasteiger partial charge in [-0.25, -0.2) is 0 Å². The van der Waals surface area contributed by atoms with E-state index in [4.69, 9.17) is 10.2 Å². The summed E-state index contributed by atoms with van der Waals surface area (Å²) in [4.78, 5) is 21.6. The van der Waals surface area contributed by atoms with Crippen molar-refractivity contribution in [1.82, 2.24) is 0 Å². The number of aliphatic carboxylic acids is 2. The number of carboxylic acid groups (broad SMARTS) is 2. The summed E-state index contributed by atoms with van der Waals surface area (Å²) >= 11 is 0. The van der Waals surface area contributed by atoms with Gasteiger partial charge in [0, 0.05) is 0 Å². The number of hydrogen-bond acceptors (Lipinski definition) is 2. The maximum absolute atomic E-state index is 10.9. The number of carboxylic acids is 2. The monoisotopic (exact) mass is 368 g/mol. The average Bonchev–Trinajstić information content (AvgIpc) is 2.59. The van der Waals surface area contributed by atoms with Crippen LogP contribution in [-0.2, 0) is 9.59 Å². The van der Waals surface area contributed by atoms with Crippen LogP contribution in [-0.4, -0.2) is 22.2 Å². The molecule has 0 saturated carbocycles. The lowest BCUT2D eigenvalue weighted by Crippen LogP contribution is -2.17. The second kappa shape index (κ2) is 18.5. The van der Waals surface area contributed by atoms with E-state index in [2.05, 4.69) is 19.1 Å². The van der Waals surface area contributed by atoms with Crippen LogP contribution in [0.15, 0.2) is 12.2 Å². The molecule has 0 saturated heterocycles. The van der Waals surface area contributed by atoms with Crippen LogP contribution in [0.2, 0.25) is 0 Å². The summed E-state index contributed by atoms with van der Waals surface area (Å²) in [5.41, 5.74) is 0. The maximum atomic E-state index is 10.9. The molecule has 0 fully saturated rings. The van der Waals surface area contributed by atoms with E-state index in [0.717, 1.165) is 25.7 Å². The van der Waals surface area contributed by atoms with Crippen LogP contribution in [0.1, 0.15) is 110 Å². The van der Waals surface area contributed by atoms with Gasteiger partial charge >= 0.3 is 11.9 Å². The lowest BCUT2D eigenvalue weighted by atomic mass is 9.98. The predicted octanol–water partition coefficient (Wildman–Crippen LogP) is 6.59. The Labute approximate surface area is 160 Å². The molecule has 0 aromatic rings. The van der Waals surface area contributed by atoms with E-state index < -0.39 is 17.9 Å². The van der Waals surface area contributed by atoms with Crippen molar-refractivity contribution in [3.8, 4) is 0 Å². The van der Waals surface area contributed by atoms with Gasteiger partial charge in [0.1, 0.15) is 0 Å². The SMILES string of the molecule is CCCCCCCCCCCCC=CCCCCC(CC(=O)O)C(=O)O. The van der Waals surface area contributed by atoms with Gasteiger partial charge in [-0.05, 0) is 32.1 Å². The summed E-state index contributed by atoms with van der Waals surface area (Å²) < 4.78 is 0. The summed E-state index contributed by atoms with van der Waals surface area (Å²) in [7, 11) is 0. The number of unbranched alkanes of at least 4 members (excludes halogenated alkanes) is 12. The van der Waals surface area contributed by atoms with E-state index in [1.807, 2.05) is 0 Å². The number of hydrogen-bond donors (Lipinski definition) is 2. The molecule has 0 rings (SSSR count). The van der Waals surface area contributed by atoms with Crippen LogP contribution in [0, 0.1) is 5.92 Å². The molecule has 0 heterocycles. The smallest absolute Gasteiger partial charge is 0.307 e. The summed E-state index contributed by atoms with van der Waals surface area (Å²) in [6, 6.07) is 0. The second-order valence-electron chi connectivity index (χ2n) is 7.36. The largest absolute Gasteiger partial charge is 0.481 e. The van der Waals surface area contributed by atoms with Gasteiger partial charge in [-0.3, -0.25) is 9.59 Å². The third-order valence-corrected chi connectivity index (χ3v) is 4.83. The zero-order valence-corrected chi connectivity index (χ0v) is 16.8. The molecule has 4 heteroatoms. The Morgan fingerprint density at radius 1 is 0.731 bits per heavy atom. The highest BCUT2D eigenvalue weighted by molar-refractivity contribution is 5.77. The third-order valence-electron chi connectivity index (χ3n) is 4.83. The number of carbonyl (C=O) groups is 2. The van der Waals surface area contributed by atoms with E-state index in [1.54, 1.807) is 0 Å². The second-order valence-corrected chi connectivity index (χ2v) is 7.36. The van der Waals surface area contributed by atoms with Crippen molar-refractivity contribution in [3.63, 3.8) is 0 Å². The Balaban J connectivity index is 3.38. The highest BCUT2D eigenvalue weighted by atomic mass is 16.4. The topological polar surface area (TPSA) is 74.6 Å². The van der Waals surface area contributed by atoms with E-state index >= 15 is 0 Å². The average molecular weight is 369 g/mol. The fourth-order valence-corrected chi connectivity index (χ4v) is 3.16. The molecule has 0 radical (unpaired) electrons. The normalized spacial score (nSPS) is 12.5. The minimum atomic E-state index is -1.03. The van der Waals surface area contributed by atoms with Gasteiger partial charge in [0.05, 0.1) is 12.3 Å². The first-order chi connectivity index (χ1) is 12.6. The zero-order chi connectivity index (χ0) is 19.5. The summed E-state index contributed by atoms with van der Waals surface area (Å²) in [6.07, 6.45) is 22.0. The Hall–Kier alpha value is -1.32. The molecule has 26 heavy (non-hydrogen) atoms. The Morgan fingerprint density at radius 3 is 1.65 bits per heavy atom. The van der Waals surface area contributed by atoms with Gasteiger partial charge in [-0.1, -0.05) is 83.3 Å².